The molecule has 2 aromatic heterocycles. The number of aromatic amines is 1. The first-order chi connectivity index (χ1) is 8.15. The van der Waals surface area contributed by atoms with Crippen molar-refractivity contribution in [3.05, 3.63) is 33.9 Å². The number of ether oxygens (including phenoxy) is 1. The van der Waals surface area contributed by atoms with E-state index in [0.717, 1.165) is 5.69 Å². The minimum atomic E-state index is -0.487. The van der Waals surface area contributed by atoms with E-state index in [9.17, 15) is 9.59 Å². The summed E-state index contributed by atoms with van der Waals surface area (Å²) in [7, 11) is 0. The van der Waals surface area contributed by atoms with E-state index in [2.05, 4.69) is 10.1 Å². The Balaban J connectivity index is 2.57. The van der Waals surface area contributed by atoms with Crippen molar-refractivity contribution in [2.24, 2.45) is 0 Å². The van der Waals surface area contributed by atoms with Gasteiger partial charge in [0.25, 0.3) is 5.56 Å². The number of nitrogens with zero attached hydrogens (tertiary/aromatic N) is 2. The molecule has 0 unspecified atom stereocenters. The first-order valence-corrected chi connectivity index (χ1v) is 5.44. The number of aryl methyl sites for hydroxylation is 1. The molecular formula is C11H13N3O3. The molecule has 2 heterocycles. The van der Waals surface area contributed by atoms with Crippen molar-refractivity contribution in [1.29, 1.82) is 0 Å². The molecule has 0 aliphatic heterocycles. The normalized spacial score (nSPS) is 10.7. The Morgan fingerprint density at radius 2 is 2.24 bits per heavy atom. The summed E-state index contributed by atoms with van der Waals surface area (Å²) >= 11 is 0. The van der Waals surface area contributed by atoms with Crippen molar-refractivity contribution in [3.63, 3.8) is 0 Å². The molecule has 0 radical (unpaired) electrons. The molecule has 0 aliphatic carbocycles. The predicted molar refractivity (Wildman–Crippen MR) is 61.1 cm³/mol. The van der Waals surface area contributed by atoms with Gasteiger partial charge in [0.1, 0.15) is 5.65 Å². The van der Waals surface area contributed by atoms with Gasteiger partial charge in [0.05, 0.1) is 6.61 Å². The maximum atomic E-state index is 11.5. The quantitative estimate of drug-likeness (QED) is 0.797. The fourth-order valence-corrected chi connectivity index (χ4v) is 1.62. The van der Waals surface area contributed by atoms with Crippen LogP contribution in [0.4, 0.5) is 0 Å². The third kappa shape index (κ3) is 2.06. The lowest BCUT2D eigenvalue weighted by Gasteiger charge is -1.99. The van der Waals surface area contributed by atoms with Crippen LogP contribution in [-0.4, -0.2) is 27.2 Å². The van der Waals surface area contributed by atoms with E-state index < -0.39 is 5.97 Å². The molecule has 0 spiro atoms. The number of H-pyrrole nitrogens is 1. The van der Waals surface area contributed by atoms with Crippen LogP contribution in [0.5, 0.6) is 0 Å². The third-order valence-corrected chi connectivity index (χ3v) is 2.38. The topological polar surface area (TPSA) is 76.5 Å². The van der Waals surface area contributed by atoms with Crippen molar-refractivity contribution in [2.75, 3.05) is 6.61 Å². The highest BCUT2D eigenvalue weighted by Gasteiger charge is 2.13. The number of carbonyl (C=O) groups is 1. The number of hydrogen-bond acceptors (Lipinski definition) is 4. The maximum Gasteiger partial charge on any atom is 0.358 e. The molecule has 0 saturated carbocycles. The van der Waals surface area contributed by atoms with Crippen LogP contribution in [0.15, 0.2) is 16.9 Å². The highest BCUT2D eigenvalue weighted by atomic mass is 16.5. The van der Waals surface area contributed by atoms with Crippen molar-refractivity contribution in [1.82, 2.24) is 14.6 Å². The van der Waals surface area contributed by atoms with Crippen LogP contribution in [0.25, 0.3) is 5.65 Å². The summed E-state index contributed by atoms with van der Waals surface area (Å²) < 4.78 is 6.40. The zero-order valence-electron chi connectivity index (χ0n) is 9.69. The van der Waals surface area contributed by atoms with Crippen LogP contribution in [0.2, 0.25) is 0 Å². The molecule has 2 aromatic rings. The molecule has 6 heteroatoms. The minimum absolute atomic E-state index is 0.198. The van der Waals surface area contributed by atoms with Crippen LogP contribution in [-0.2, 0) is 11.2 Å². The van der Waals surface area contributed by atoms with Gasteiger partial charge in [-0.3, -0.25) is 4.79 Å². The van der Waals surface area contributed by atoms with Crippen molar-refractivity contribution < 1.29 is 9.53 Å². The minimum Gasteiger partial charge on any atom is -0.461 e. The predicted octanol–water partition coefficient (Wildman–Crippen LogP) is 0.762. The summed E-state index contributed by atoms with van der Waals surface area (Å²) in [6, 6.07) is 2.98. The van der Waals surface area contributed by atoms with E-state index in [0.29, 0.717) is 18.7 Å². The van der Waals surface area contributed by atoms with Gasteiger partial charge in [0.15, 0.2) is 5.69 Å². The van der Waals surface area contributed by atoms with Crippen molar-refractivity contribution >= 4 is 11.6 Å². The molecule has 1 N–H and O–H groups in total. The molecule has 0 aliphatic rings. The van der Waals surface area contributed by atoms with Gasteiger partial charge in [-0.2, -0.15) is 5.10 Å². The summed E-state index contributed by atoms with van der Waals surface area (Å²) in [5.41, 5.74) is 1.24. The zero-order chi connectivity index (χ0) is 12.4. The molecule has 0 bridgehead atoms. The second-order valence-electron chi connectivity index (χ2n) is 3.53. The monoisotopic (exact) mass is 235 g/mol. The van der Waals surface area contributed by atoms with E-state index in [-0.39, 0.29) is 11.3 Å². The Hall–Kier alpha value is -2.11. The summed E-state index contributed by atoms with van der Waals surface area (Å²) in [5, 5.41) is 4.12. The lowest BCUT2D eigenvalue weighted by atomic mass is 10.3. The zero-order valence-corrected chi connectivity index (χ0v) is 9.69. The number of hydrogen-bond donors (Lipinski definition) is 1. The lowest BCUT2D eigenvalue weighted by Crippen LogP contribution is -2.11. The van der Waals surface area contributed by atoms with E-state index in [1.165, 1.54) is 12.1 Å². The van der Waals surface area contributed by atoms with Gasteiger partial charge in [-0.25, -0.2) is 9.31 Å². The van der Waals surface area contributed by atoms with Crippen molar-refractivity contribution in [3.8, 4) is 0 Å². The lowest BCUT2D eigenvalue weighted by molar-refractivity contribution is 0.0519. The van der Waals surface area contributed by atoms with E-state index in [1.807, 2.05) is 6.92 Å². The molecule has 90 valence electrons. The Morgan fingerprint density at radius 3 is 2.88 bits per heavy atom. The molecule has 17 heavy (non-hydrogen) atoms. The fourth-order valence-electron chi connectivity index (χ4n) is 1.62. The van der Waals surface area contributed by atoms with Gasteiger partial charge in [-0.05, 0) is 13.3 Å². The Kier molecular flexibility index (Phi) is 2.95. The number of nitrogens with one attached hydrogen (secondary N) is 1. The van der Waals surface area contributed by atoms with E-state index in [4.69, 9.17) is 4.74 Å². The van der Waals surface area contributed by atoms with E-state index >= 15 is 0 Å². The van der Waals surface area contributed by atoms with Crippen LogP contribution in [0, 0.1) is 0 Å². The van der Waals surface area contributed by atoms with Gasteiger partial charge in [-0.1, -0.05) is 6.92 Å². The van der Waals surface area contributed by atoms with Gasteiger partial charge in [0.2, 0.25) is 0 Å². The molecular weight excluding hydrogens is 222 g/mol. The molecule has 2 rings (SSSR count). The van der Waals surface area contributed by atoms with E-state index in [1.54, 1.807) is 11.4 Å². The summed E-state index contributed by atoms with van der Waals surface area (Å²) in [5.74, 6) is -0.487. The van der Waals surface area contributed by atoms with Gasteiger partial charge in [-0.15, -0.1) is 0 Å². The number of esters is 1. The SMILES string of the molecule is CCOC(=O)c1cc2[nH]c(=O)cc(CC)n2n1. The maximum absolute atomic E-state index is 11.5. The molecule has 0 atom stereocenters. The highest BCUT2D eigenvalue weighted by molar-refractivity contribution is 5.88. The average Bonchev–Trinajstić information content (AvgIpc) is 2.71. The standard InChI is InChI=1S/C11H13N3O3/c1-3-7-5-10(15)12-9-6-8(13-14(7)9)11(16)17-4-2/h5-6H,3-4H2,1-2H3,(H,12,15). The van der Waals surface area contributed by atoms with Crippen LogP contribution < -0.4 is 5.56 Å². The Morgan fingerprint density at radius 1 is 1.47 bits per heavy atom. The molecule has 0 amide bonds. The second-order valence-corrected chi connectivity index (χ2v) is 3.53. The van der Waals surface area contributed by atoms with Gasteiger partial charge < -0.3 is 9.72 Å². The first-order valence-electron chi connectivity index (χ1n) is 5.44. The molecule has 0 fully saturated rings. The largest absolute Gasteiger partial charge is 0.461 e. The third-order valence-electron chi connectivity index (χ3n) is 2.38. The average molecular weight is 235 g/mol. The Bertz CT molecular complexity index is 612. The van der Waals surface area contributed by atoms with Crippen LogP contribution in [0.3, 0.4) is 0 Å². The fraction of sp³-hybridized carbons (Fsp3) is 0.364. The summed E-state index contributed by atoms with van der Waals surface area (Å²) in [6.07, 6.45) is 0.657. The van der Waals surface area contributed by atoms with Crippen LogP contribution in [0.1, 0.15) is 30.0 Å². The number of rotatable bonds is 3. The van der Waals surface area contributed by atoms with Crippen molar-refractivity contribution in [2.45, 2.75) is 20.3 Å². The molecule has 0 saturated heterocycles. The smallest absolute Gasteiger partial charge is 0.358 e. The molecule has 0 aromatic carbocycles. The molecule has 6 nitrogen and oxygen atoms in total. The van der Waals surface area contributed by atoms with Crippen LogP contribution >= 0.6 is 0 Å². The van der Waals surface area contributed by atoms with Gasteiger partial charge >= 0.3 is 5.97 Å². The number of fused-ring (bicyclic) bond motifs is 1. The summed E-state index contributed by atoms with van der Waals surface area (Å²) in [4.78, 5) is 25.5. The Labute approximate surface area is 97.2 Å². The number of aromatic nitrogens is 3. The first kappa shape index (κ1) is 11.4. The highest BCUT2D eigenvalue weighted by Crippen LogP contribution is 2.07. The number of carbonyl (C=O) groups excluding carboxylic acids is 1. The second kappa shape index (κ2) is 4.40. The summed E-state index contributed by atoms with van der Waals surface area (Å²) in [6.45, 7) is 3.94. The van der Waals surface area contributed by atoms with Gasteiger partial charge in [0, 0.05) is 17.8 Å².